The molecule has 0 spiro atoms. The van der Waals surface area contributed by atoms with E-state index in [1.54, 1.807) is 11.8 Å². The highest BCUT2D eigenvalue weighted by Crippen LogP contribution is 2.10. The molecule has 0 saturated heterocycles. The first kappa shape index (κ1) is 12.5. The molecule has 0 aromatic heterocycles. The second-order valence-electron chi connectivity index (χ2n) is 3.25. The molecule has 0 aliphatic carbocycles. The molecule has 3 nitrogen and oxygen atoms in total. The second-order valence-corrected chi connectivity index (χ2v) is 4.86. The zero-order valence-corrected chi connectivity index (χ0v) is 9.40. The molecule has 76 valence electrons. The lowest BCUT2D eigenvalue weighted by Crippen LogP contribution is -2.40. The molecule has 0 aliphatic rings. The summed E-state index contributed by atoms with van der Waals surface area (Å²) in [6, 6.07) is -0.329. The highest BCUT2D eigenvalue weighted by molar-refractivity contribution is 7.99. The van der Waals surface area contributed by atoms with Gasteiger partial charge in [0, 0.05) is 12.7 Å². The number of hydrogen-bond acceptors (Lipinski definition) is 3. The van der Waals surface area contributed by atoms with E-state index < -0.39 is 0 Å². The van der Waals surface area contributed by atoms with Crippen molar-refractivity contribution in [2.75, 3.05) is 5.75 Å². The third-order valence-electron chi connectivity index (χ3n) is 1.46. The summed E-state index contributed by atoms with van der Waals surface area (Å²) in [5.41, 5.74) is 0. The maximum atomic E-state index is 11.1. The van der Waals surface area contributed by atoms with Crippen LogP contribution in [0.2, 0.25) is 0 Å². The Morgan fingerprint density at radius 1 is 1.31 bits per heavy atom. The molecule has 0 aliphatic heterocycles. The van der Waals surface area contributed by atoms with Crippen molar-refractivity contribution in [3.05, 3.63) is 0 Å². The minimum Gasteiger partial charge on any atom is -0.346 e. The Balaban J connectivity index is 3.95. The maximum absolute atomic E-state index is 11.1. The standard InChI is InChI=1S/C9H17NO2S/c1-6(2)13-5-9(7(3)11)10-8(4)12/h6,9H,5H2,1-4H3,(H,10,12). The van der Waals surface area contributed by atoms with Crippen molar-refractivity contribution in [3.63, 3.8) is 0 Å². The normalized spacial score (nSPS) is 12.7. The van der Waals surface area contributed by atoms with Gasteiger partial charge < -0.3 is 5.32 Å². The largest absolute Gasteiger partial charge is 0.346 e. The highest BCUT2D eigenvalue weighted by Gasteiger charge is 2.15. The van der Waals surface area contributed by atoms with Gasteiger partial charge in [-0.1, -0.05) is 13.8 Å². The van der Waals surface area contributed by atoms with E-state index in [0.29, 0.717) is 11.0 Å². The highest BCUT2D eigenvalue weighted by atomic mass is 32.2. The molecule has 1 unspecified atom stereocenters. The molecule has 0 fully saturated rings. The monoisotopic (exact) mass is 203 g/mol. The minimum atomic E-state index is -0.329. The zero-order valence-electron chi connectivity index (χ0n) is 8.59. The third kappa shape index (κ3) is 6.63. The molecule has 0 rings (SSSR count). The lowest BCUT2D eigenvalue weighted by atomic mass is 10.2. The van der Waals surface area contributed by atoms with Crippen LogP contribution in [0.15, 0.2) is 0 Å². The van der Waals surface area contributed by atoms with Crippen molar-refractivity contribution in [2.24, 2.45) is 0 Å². The number of nitrogens with one attached hydrogen (secondary N) is 1. The molecule has 1 N–H and O–H groups in total. The molecule has 1 amide bonds. The van der Waals surface area contributed by atoms with Gasteiger partial charge in [-0.15, -0.1) is 0 Å². The van der Waals surface area contributed by atoms with Gasteiger partial charge in [0.05, 0.1) is 6.04 Å². The Labute approximate surface area is 83.7 Å². The fourth-order valence-electron chi connectivity index (χ4n) is 0.795. The van der Waals surface area contributed by atoms with Crippen molar-refractivity contribution in [2.45, 2.75) is 39.0 Å². The van der Waals surface area contributed by atoms with Crippen molar-refractivity contribution < 1.29 is 9.59 Å². The number of carbonyl (C=O) groups excluding carboxylic acids is 2. The van der Waals surface area contributed by atoms with Gasteiger partial charge in [-0.3, -0.25) is 9.59 Å². The van der Waals surface area contributed by atoms with Gasteiger partial charge in [0.25, 0.3) is 0 Å². The van der Waals surface area contributed by atoms with Crippen LogP contribution in [0.1, 0.15) is 27.7 Å². The summed E-state index contributed by atoms with van der Waals surface area (Å²) in [6.07, 6.45) is 0. The smallest absolute Gasteiger partial charge is 0.217 e. The minimum absolute atomic E-state index is 0.0170. The molecule has 4 heteroatoms. The Hall–Kier alpha value is -0.510. The van der Waals surface area contributed by atoms with E-state index in [1.165, 1.54) is 13.8 Å². The number of rotatable bonds is 5. The lowest BCUT2D eigenvalue weighted by Gasteiger charge is -2.15. The topological polar surface area (TPSA) is 46.2 Å². The van der Waals surface area contributed by atoms with Gasteiger partial charge in [-0.2, -0.15) is 11.8 Å². The first-order valence-corrected chi connectivity index (χ1v) is 5.37. The van der Waals surface area contributed by atoms with Crippen LogP contribution in [0, 0.1) is 0 Å². The molecular weight excluding hydrogens is 186 g/mol. The summed E-state index contributed by atoms with van der Waals surface area (Å²) in [5, 5.41) is 3.11. The van der Waals surface area contributed by atoms with Gasteiger partial charge in [-0.05, 0) is 12.2 Å². The van der Waals surface area contributed by atoms with Gasteiger partial charge in [0.1, 0.15) is 0 Å². The zero-order chi connectivity index (χ0) is 10.4. The van der Waals surface area contributed by atoms with Crippen LogP contribution in [0.5, 0.6) is 0 Å². The van der Waals surface area contributed by atoms with Crippen LogP contribution in [0.3, 0.4) is 0 Å². The van der Waals surface area contributed by atoms with Gasteiger partial charge >= 0.3 is 0 Å². The summed E-state index contributed by atoms with van der Waals surface area (Å²) >= 11 is 1.67. The second kappa shape index (κ2) is 6.02. The predicted molar refractivity (Wildman–Crippen MR) is 55.9 cm³/mol. The number of thioether (sulfide) groups is 1. The lowest BCUT2D eigenvalue weighted by molar-refractivity contribution is -0.125. The molecule has 0 aromatic carbocycles. The Kier molecular flexibility index (Phi) is 5.79. The van der Waals surface area contributed by atoms with E-state index in [0.717, 1.165) is 0 Å². The molecule has 0 aromatic rings. The molecular formula is C9H17NO2S. The van der Waals surface area contributed by atoms with E-state index in [4.69, 9.17) is 0 Å². The SMILES string of the molecule is CC(=O)NC(CSC(C)C)C(C)=O. The number of amides is 1. The quantitative estimate of drug-likeness (QED) is 0.731. The molecule has 0 radical (unpaired) electrons. The van der Waals surface area contributed by atoms with Crippen molar-refractivity contribution in [3.8, 4) is 0 Å². The predicted octanol–water partition coefficient (Wildman–Crippen LogP) is 1.22. The summed E-state index contributed by atoms with van der Waals surface area (Å²) < 4.78 is 0. The Morgan fingerprint density at radius 3 is 2.15 bits per heavy atom. The van der Waals surface area contributed by atoms with Crippen molar-refractivity contribution in [1.29, 1.82) is 0 Å². The Bertz CT molecular complexity index is 192. The third-order valence-corrected chi connectivity index (χ3v) is 2.66. The van der Waals surface area contributed by atoms with E-state index in [1.807, 2.05) is 0 Å². The van der Waals surface area contributed by atoms with Crippen LogP contribution in [0.25, 0.3) is 0 Å². The fourth-order valence-corrected chi connectivity index (χ4v) is 1.69. The molecule has 1 atom stereocenters. The Morgan fingerprint density at radius 2 is 1.85 bits per heavy atom. The molecule has 0 bridgehead atoms. The van der Waals surface area contributed by atoms with Crippen LogP contribution < -0.4 is 5.32 Å². The van der Waals surface area contributed by atoms with E-state index in [9.17, 15) is 9.59 Å². The van der Waals surface area contributed by atoms with E-state index in [-0.39, 0.29) is 17.7 Å². The van der Waals surface area contributed by atoms with Crippen LogP contribution in [-0.2, 0) is 9.59 Å². The van der Waals surface area contributed by atoms with E-state index >= 15 is 0 Å². The summed E-state index contributed by atoms with van der Waals surface area (Å²) in [6.45, 7) is 7.06. The van der Waals surface area contributed by atoms with Gasteiger partial charge in [0.15, 0.2) is 5.78 Å². The van der Waals surface area contributed by atoms with Gasteiger partial charge in [0.2, 0.25) is 5.91 Å². The number of carbonyl (C=O) groups is 2. The summed E-state index contributed by atoms with van der Waals surface area (Å²) in [5.74, 6) is 0.528. The van der Waals surface area contributed by atoms with Crippen molar-refractivity contribution >= 4 is 23.5 Å². The molecule has 0 saturated carbocycles. The average Bonchev–Trinajstić information content (AvgIpc) is 1.96. The average molecular weight is 203 g/mol. The van der Waals surface area contributed by atoms with Crippen LogP contribution in [-0.4, -0.2) is 28.7 Å². The number of ketones is 1. The van der Waals surface area contributed by atoms with Crippen molar-refractivity contribution in [1.82, 2.24) is 5.32 Å². The van der Waals surface area contributed by atoms with Gasteiger partial charge in [-0.25, -0.2) is 0 Å². The van der Waals surface area contributed by atoms with Crippen LogP contribution in [0.4, 0.5) is 0 Å². The summed E-state index contributed by atoms with van der Waals surface area (Å²) in [7, 11) is 0. The number of Topliss-reactive ketones (excluding diaryl/α,β-unsaturated/α-hetero) is 1. The summed E-state index contributed by atoms with van der Waals surface area (Å²) in [4.78, 5) is 21.8. The van der Waals surface area contributed by atoms with Crippen LogP contribution >= 0.6 is 11.8 Å². The number of hydrogen-bond donors (Lipinski definition) is 1. The first-order chi connectivity index (χ1) is 5.93. The van der Waals surface area contributed by atoms with E-state index in [2.05, 4.69) is 19.2 Å². The first-order valence-electron chi connectivity index (χ1n) is 4.32. The fraction of sp³-hybridized carbons (Fsp3) is 0.778. The molecule has 0 heterocycles. The maximum Gasteiger partial charge on any atom is 0.217 e. The molecule has 13 heavy (non-hydrogen) atoms.